The van der Waals surface area contributed by atoms with E-state index in [-0.39, 0.29) is 6.04 Å². The fraction of sp³-hybridized carbons (Fsp3) is 0.348. The Hall–Kier alpha value is -2.64. The van der Waals surface area contributed by atoms with Gasteiger partial charge in [-0.25, -0.2) is 8.42 Å². The van der Waals surface area contributed by atoms with Crippen LogP contribution in [0.25, 0.3) is 11.3 Å². The summed E-state index contributed by atoms with van der Waals surface area (Å²) in [6.45, 7) is 9.37. The molecule has 0 bridgehead atoms. The molecule has 1 saturated heterocycles. The molecule has 0 spiro atoms. The van der Waals surface area contributed by atoms with Crippen LogP contribution in [-0.2, 0) is 10.0 Å². The van der Waals surface area contributed by atoms with E-state index in [1.54, 1.807) is 10.4 Å². The number of benzene rings is 2. The van der Waals surface area contributed by atoms with Gasteiger partial charge in [-0.2, -0.15) is 4.31 Å². The summed E-state index contributed by atoms with van der Waals surface area (Å²) in [5.41, 5.74) is 4.54. The maximum Gasteiger partial charge on any atom is 0.243 e. The third-order valence-electron chi connectivity index (χ3n) is 5.64. The molecule has 0 unspecified atom stereocenters. The summed E-state index contributed by atoms with van der Waals surface area (Å²) < 4.78 is 33.9. The van der Waals surface area contributed by atoms with Crippen LogP contribution >= 0.6 is 0 Å². The van der Waals surface area contributed by atoms with E-state index in [1.807, 2.05) is 38.1 Å². The Bertz CT molecular complexity index is 1170. The average molecular weight is 426 g/mol. The predicted octanol–water partition coefficient (Wildman–Crippen LogP) is 4.17. The number of piperazine rings is 1. The molecule has 7 heteroatoms. The highest BCUT2D eigenvalue weighted by Gasteiger charge is 2.33. The minimum absolute atomic E-state index is 0.0794. The number of nitrogens with zero attached hydrogens (tertiary/aromatic N) is 3. The van der Waals surface area contributed by atoms with Crippen molar-refractivity contribution in [3.63, 3.8) is 0 Å². The largest absolute Gasteiger partial charge is 0.366 e. The lowest BCUT2D eigenvalue weighted by atomic mass is 10.1. The third kappa shape index (κ3) is 3.87. The van der Waals surface area contributed by atoms with Crippen molar-refractivity contribution in [2.45, 2.75) is 38.6 Å². The van der Waals surface area contributed by atoms with Crippen LogP contribution in [0.5, 0.6) is 0 Å². The second-order valence-electron chi connectivity index (χ2n) is 8.06. The van der Waals surface area contributed by atoms with Crippen molar-refractivity contribution < 1.29 is 12.9 Å². The van der Waals surface area contributed by atoms with Crippen LogP contribution in [0.15, 0.2) is 57.9 Å². The summed E-state index contributed by atoms with van der Waals surface area (Å²) in [7, 11) is -3.62. The van der Waals surface area contributed by atoms with Gasteiger partial charge in [-0.3, -0.25) is 0 Å². The van der Waals surface area contributed by atoms with Gasteiger partial charge in [0.2, 0.25) is 10.0 Å². The maximum atomic E-state index is 13.5. The zero-order valence-electron chi connectivity index (χ0n) is 17.8. The Kier molecular flexibility index (Phi) is 5.42. The Labute approximate surface area is 178 Å². The average Bonchev–Trinajstić information content (AvgIpc) is 3.14. The standard InChI is InChI=1S/C23H27N3O3S/c1-16-6-5-7-21(12-16)26-11-10-25(15-19(26)4)30(27,28)23-14-20(9-8-17(23)2)22-13-18(3)24-29-22/h5-9,12-14,19H,10-11,15H2,1-4H3/t19-/m1/s1. The number of anilines is 1. The smallest absolute Gasteiger partial charge is 0.243 e. The molecule has 1 aliphatic heterocycles. The molecule has 1 aliphatic rings. The molecule has 0 amide bonds. The number of aromatic nitrogens is 1. The molecular formula is C23H27N3O3S. The molecular weight excluding hydrogens is 398 g/mol. The minimum Gasteiger partial charge on any atom is -0.366 e. The minimum atomic E-state index is -3.62. The quantitative estimate of drug-likeness (QED) is 0.628. The van der Waals surface area contributed by atoms with Crippen molar-refractivity contribution in [2.75, 3.05) is 24.5 Å². The van der Waals surface area contributed by atoms with Crippen LogP contribution in [0.1, 0.15) is 23.7 Å². The van der Waals surface area contributed by atoms with E-state index in [1.165, 1.54) is 5.56 Å². The van der Waals surface area contributed by atoms with Crippen molar-refractivity contribution >= 4 is 15.7 Å². The molecule has 2 heterocycles. The maximum absolute atomic E-state index is 13.5. The lowest BCUT2D eigenvalue weighted by Gasteiger charge is -2.40. The molecule has 3 aromatic rings. The highest BCUT2D eigenvalue weighted by atomic mass is 32.2. The highest BCUT2D eigenvalue weighted by Crippen LogP contribution is 2.30. The van der Waals surface area contributed by atoms with E-state index in [9.17, 15) is 8.42 Å². The number of sulfonamides is 1. The molecule has 1 aromatic heterocycles. The van der Waals surface area contributed by atoms with Gasteiger partial charge in [-0.1, -0.05) is 29.4 Å². The van der Waals surface area contributed by atoms with Crippen molar-refractivity contribution in [1.29, 1.82) is 0 Å². The number of hydrogen-bond donors (Lipinski definition) is 0. The lowest BCUT2D eigenvalue weighted by molar-refractivity contribution is 0.342. The fourth-order valence-corrected chi connectivity index (χ4v) is 5.77. The van der Waals surface area contributed by atoms with Crippen LogP contribution in [0, 0.1) is 20.8 Å². The van der Waals surface area contributed by atoms with Crippen LogP contribution in [-0.4, -0.2) is 43.6 Å². The summed E-state index contributed by atoms with van der Waals surface area (Å²) in [6, 6.07) is 15.6. The lowest BCUT2D eigenvalue weighted by Crippen LogP contribution is -2.53. The van der Waals surface area contributed by atoms with Gasteiger partial charge >= 0.3 is 0 Å². The van der Waals surface area contributed by atoms with Gasteiger partial charge in [0.1, 0.15) is 0 Å². The molecule has 0 saturated carbocycles. The molecule has 0 N–H and O–H groups in total. The van der Waals surface area contributed by atoms with Crippen molar-refractivity contribution in [3.8, 4) is 11.3 Å². The number of hydrogen-bond acceptors (Lipinski definition) is 5. The Morgan fingerprint density at radius 2 is 1.83 bits per heavy atom. The van der Waals surface area contributed by atoms with Crippen LogP contribution in [0.2, 0.25) is 0 Å². The first kappa shape index (κ1) is 20.6. The fourth-order valence-electron chi connectivity index (χ4n) is 4.00. The van der Waals surface area contributed by atoms with Gasteiger partial charge in [0.25, 0.3) is 0 Å². The predicted molar refractivity (Wildman–Crippen MR) is 118 cm³/mol. The van der Waals surface area contributed by atoms with Gasteiger partial charge in [0.15, 0.2) is 5.76 Å². The molecule has 4 rings (SSSR count). The molecule has 0 radical (unpaired) electrons. The monoisotopic (exact) mass is 425 g/mol. The van der Waals surface area contributed by atoms with Gasteiger partial charge in [0.05, 0.1) is 10.6 Å². The van der Waals surface area contributed by atoms with Crippen LogP contribution < -0.4 is 4.90 Å². The van der Waals surface area contributed by atoms with Crippen molar-refractivity contribution in [3.05, 3.63) is 65.4 Å². The van der Waals surface area contributed by atoms with Gasteiger partial charge in [-0.05, 0) is 57.0 Å². The normalized spacial score (nSPS) is 18.0. The van der Waals surface area contributed by atoms with E-state index >= 15 is 0 Å². The SMILES string of the molecule is Cc1cccc(N2CCN(S(=O)(=O)c3cc(-c4cc(C)no4)ccc3C)C[C@H]2C)c1. The summed E-state index contributed by atoms with van der Waals surface area (Å²) in [6.07, 6.45) is 0. The van der Waals surface area contributed by atoms with Gasteiger partial charge in [0, 0.05) is 43.0 Å². The second-order valence-corrected chi connectivity index (χ2v) is 9.96. The summed E-state index contributed by atoms with van der Waals surface area (Å²) in [5, 5.41) is 3.91. The molecule has 2 aromatic carbocycles. The topological polar surface area (TPSA) is 66.7 Å². The molecule has 6 nitrogen and oxygen atoms in total. The van der Waals surface area contributed by atoms with Gasteiger partial charge in [-0.15, -0.1) is 0 Å². The molecule has 0 aliphatic carbocycles. The van der Waals surface area contributed by atoms with Crippen molar-refractivity contribution in [2.24, 2.45) is 0 Å². The Balaban J connectivity index is 1.60. The molecule has 1 atom stereocenters. The van der Waals surface area contributed by atoms with E-state index in [4.69, 9.17) is 4.52 Å². The zero-order chi connectivity index (χ0) is 21.5. The third-order valence-corrected chi connectivity index (χ3v) is 7.65. The first-order valence-corrected chi connectivity index (χ1v) is 11.6. The first-order valence-electron chi connectivity index (χ1n) is 10.1. The van der Waals surface area contributed by atoms with E-state index in [0.29, 0.717) is 35.9 Å². The summed E-state index contributed by atoms with van der Waals surface area (Å²) >= 11 is 0. The van der Waals surface area contributed by atoms with Crippen LogP contribution in [0.3, 0.4) is 0 Å². The Morgan fingerprint density at radius 3 is 2.50 bits per heavy atom. The molecule has 30 heavy (non-hydrogen) atoms. The summed E-state index contributed by atoms with van der Waals surface area (Å²) in [5.74, 6) is 0.571. The van der Waals surface area contributed by atoms with Crippen LogP contribution in [0.4, 0.5) is 5.69 Å². The second kappa shape index (κ2) is 7.89. The Morgan fingerprint density at radius 1 is 1.03 bits per heavy atom. The molecule has 158 valence electrons. The number of aryl methyl sites for hydroxylation is 3. The summed E-state index contributed by atoms with van der Waals surface area (Å²) in [4.78, 5) is 2.60. The zero-order valence-corrected chi connectivity index (χ0v) is 18.6. The van der Waals surface area contributed by atoms with E-state index < -0.39 is 10.0 Å². The van der Waals surface area contributed by atoms with E-state index in [2.05, 4.69) is 42.1 Å². The van der Waals surface area contributed by atoms with E-state index in [0.717, 1.165) is 16.9 Å². The van der Waals surface area contributed by atoms with Crippen molar-refractivity contribution in [1.82, 2.24) is 9.46 Å². The highest BCUT2D eigenvalue weighted by molar-refractivity contribution is 7.89. The first-order chi connectivity index (χ1) is 14.3. The number of rotatable bonds is 4. The molecule has 1 fully saturated rings. The van der Waals surface area contributed by atoms with Gasteiger partial charge < -0.3 is 9.42 Å².